The van der Waals surface area contributed by atoms with Crippen LogP contribution in [-0.4, -0.2) is 25.0 Å². The normalized spacial score (nSPS) is 13.0. The molecular formula is C21H27NO3S. The second kappa shape index (κ2) is 11.6. The first kappa shape index (κ1) is 20.3. The smallest absolute Gasteiger partial charge is 0.294 e. The van der Waals surface area contributed by atoms with Crippen LogP contribution in [0.25, 0.3) is 0 Å². The predicted molar refractivity (Wildman–Crippen MR) is 106 cm³/mol. The average molecular weight is 374 g/mol. The van der Waals surface area contributed by atoms with E-state index in [9.17, 15) is 4.79 Å². The molecule has 0 aliphatic rings. The zero-order valence-corrected chi connectivity index (χ0v) is 16.2. The Hall–Kier alpha value is -1.98. The van der Waals surface area contributed by atoms with Crippen molar-refractivity contribution >= 4 is 18.2 Å². The van der Waals surface area contributed by atoms with Gasteiger partial charge in [0.25, 0.3) is 6.47 Å². The SMILES string of the molecule is CCCSc1ccccc1OC(CC(NCC)OC=O)c1ccccc1. The Kier molecular flexibility index (Phi) is 9.07. The number of carbonyl (C=O) groups excluding carboxylic acids is 1. The number of carbonyl (C=O) groups is 1. The van der Waals surface area contributed by atoms with Crippen LogP contribution in [0.3, 0.4) is 0 Å². The molecule has 0 bridgehead atoms. The average Bonchev–Trinajstić information content (AvgIpc) is 2.68. The Morgan fingerprint density at radius 1 is 1.08 bits per heavy atom. The number of rotatable bonds is 12. The van der Waals surface area contributed by atoms with Crippen molar-refractivity contribution in [3.8, 4) is 5.75 Å². The maximum absolute atomic E-state index is 10.8. The van der Waals surface area contributed by atoms with Gasteiger partial charge in [-0.2, -0.15) is 0 Å². The van der Waals surface area contributed by atoms with Gasteiger partial charge in [0.15, 0.2) is 6.23 Å². The molecule has 1 N–H and O–H groups in total. The minimum absolute atomic E-state index is 0.219. The molecule has 0 aliphatic carbocycles. The van der Waals surface area contributed by atoms with Crippen LogP contribution in [0.15, 0.2) is 59.5 Å². The minimum Gasteiger partial charge on any atom is -0.484 e. The van der Waals surface area contributed by atoms with Crippen LogP contribution in [0.2, 0.25) is 0 Å². The lowest BCUT2D eigenvalue weighted by molar-refractivity contribution is -0.136. The van der Waals surface area contributed by atoms with Gasteiger partial charge in [-0.15, -0.1) is 11.8 Å². The van der Waals surface area contributed by atoms with E-state index in [2.05, 4.69) is 18.3 Å². The summed E-state index contributed by atoms with van der Waals surface area (Å²) in [5.41, 5.74) is 1.06. The number of para-hydroxylation sites is 1. The van der Waals surface area contributed by atoms with Gasteiger partial charge in [-0.25, -0.2) is 0 Å². The van der Waals surface area contributed by atoms with Crippen molar-refractivity contribution in [1.82, 2.24) is 5.32 Å². The molecular weight excluding hydrogens is 346 g/mol. The topological polar surface area (TPSA) is 47.6 Å². The molecule has 0 radical (unpaired) electrons. The fourth-order valence-electron chi connectivity index (χ4n) is 2.63. The third-order valence-corrected chi connectivity index (χ3v) is 5.09. The van der Waals surface area contributed by atoms with Crippen LogP contribution in [-0.2, 0) is 9.53 Å². The molecule has 26 heavy (non-hydrogen) atoms. The van der Waals surface area contributed by atoms with Crippen LogP contribution in [0.4, 0.5) is 0 Å². The van der Waals surface area contributed by atoms with E-state index in [-0.39, 0.29) is 6.10 Å². The number of ether oxygens (including phenoxy) is 2. The largest absolute Gasteiger partial charge is 0.484 e. The highest BCUT2D eigenvalue weighted by molar-refractivity contribution is 7.99. The summed E-state index contributed by atoms with van der Waals surface area (Å²) in [5, 5.41) is 3.18. The summed E-state index contributed by atoms with van der Waals surface area (Å²) >= 11 is 1.80. The second-order valence-corrected chi connectivity index (χ2v) is 6.96. The molecule has 0 fully saturated rings. The highest BCUT2D eigenvalue weighted by atomic mass is 32.2. The van der Waals surface area contributed by atoms with E-state index in [0.29, 0.717) is 19.4 Å². The van der Waals surface area contributed by atoms with Crippen LogP contribution < -0.4 is 10.1 Å². The van der Waals surface area contributed by atoms with Gasteiger partial charge < -0.3 is 9.47 Å². The molecule has 0 saturated heterocycles. The Bertz CT molecular complexity index is 651. The van der Waals surface area contributed by atoms with Gasteiger partial charge in [0.05, 0.1) is 0 Å². The summed E-state index contributed by atoms with van der Waals surface area (Å²) < 4.78 is 11.6. The van der Waals surface area contributed by atoms with Crippen molar-refractivity contribution in [3.05, 3.63) is 60.2 Å². The Morgan fingerprint density at radius 3 is 2.50 bits per heavy atom. The maximum atomic E-state index is 10.8. The molecule has 0 spiro atoms. The van der Waals surface area contributed by atoms with Gasteiger partial charge in [-0.1, -0.05) is 56.3 Å². The van der Waals surface area contributed by atoms with E-state index in [0.717, 1.165) is 28.4 Å². The Labute approximate surface area is 160 Å². The number of benzene rings is 2. The van der Waals surface area contributed by atoms with Crippen molar-refractivity contribution in [3.63, 3.8) is 0 Å². The molecule has 0 amide bonds. The standard InChI is InChI=1S/C21H27NO3S/c1-3-14-26-20-13-9-8-12-18(20)25-19(17-10-6-5-7-11-17)15-21(22-4-2)24-16-23/h5-13,16,19,21-22H,3-4,14-15H2,1-2H3. The first-order valence-electron chi connectivity index (χ1n) is 9.04. The summed E-state index contributed by atoms with van der Waals surface area (Å²) in [6.45, 7) is 5.35. The molecule has 2 aromatic carbocycles. The highest BCUT2D eigenvalue weighted by Gasteiger charge is 2.21. The molecule has 0 saturated carbocycles. The van der Waals surface area contributed by atoms with Gasteiger partial charge in [-0.3, -0.25) is 10.1 Å². The van der Waals surface area contributed by atoms with Gasteiger partial charge in [0, 0.05) is 11.3 Å². The van der Waals surface area contributed by atoms with Crippen molar-refractivity contribution in [2.75, 3.05) is 12.3 Å². The molecule has 5 heteroatoms. The maximum Gasteiger partial charge on any atom is 0.294 e. The monoisotopic (exact) mass is 373 g/mol. The first-order chi connectivity index (χ1) is 12.8. The number of thioether (sulfide) groups is 1. The van der Waals surface area contributed by atoms with Gasteiger partial charge in [0.1, 0.15) is 11.9 Å². The summed E-state index contributed by atoms with van der Waals surface area (Å²) in [4.78, 5) is 12.0. The molecule has 2 aromatic rings. The van der Waals surface area contributed by atoms with E-state index < -0.39 is 6.23 Å². The van der Waals surface area contributed by atoms with Crippen LogP contribution >= 0.6 is 11.8 Å². The fraction of sp³-hybridized carbons (Fsp3) is 0.381. The number of hydrogen-bond acceptors (Lipinski definition) is 5. The summed E-state index contributed by atoms with van der Waals surface area (Å²) in [5.74, 6) is 1.91. The van der Waals surface area contributed by atoms with E-state index in [1.165, 1.54) is 0 Å². The van der Waals surface area contributed by atoms with Crippen molar-refractivity contribution in [2.24, 2.45) is 0 Å². The van der Waals surface area contributed by atoms with Crippen LogP contribution in [0.5, 0.6) is 5.75 Å². The molecule has 0 aromatic heterocycles. The van der Waals surface area contributed by atoms with Gasteiger partial charge in [0.2, 0.25) is 0 Å². The molecule has 0 aliphatic heterocycles. The molecule has 2 unspecified atom stereocenters. The zero-order chi connectivity index (χ0) is 18.6. The lowest BCUT2D eigenvalue weighted by Crippen LogP contribution is -2.34. The Balaban J connectivity index is 2.23. The third kappa shape index (κ3) is 6.39. The van der Waals surface area contributed by atoms with Crippen molar-refractivity contribution < 1.29 is 14.3 Å². The Morgan fingerprint density at radius 2 is 1.81 bits per heavy atom. The van der Waals surface area contributed by atoms with Crippen molar-refractivity contribution in [1.29, 1.82) is 0 Å². The third-order valence-electron chi connectivity index (χ3n) is 3.83. The van der Waals surface area contributed by atoms with E-state index in [4.69, 9.17) is 9.47 Å². The molecule has 2 rings (SSSR count). The summed E-state index contributed by atoms with van der Waals surface area (Å²) in [7, 11) is 0. The summed E-state index contributed by atoms with van der Waals surface area (Å²) in [6.07, 6.45) is 1.03. The molecule has 4 nitrogen and oxygen atoms in total. The van der Waals surface area contributed by atoms with E-state index >= 15 is 0 Å². The number of nitrogens with one attached hydrogen (secondary N) is 1. The van der Waals surface area contributed by atoms with Crippen LogP contribution in [0.1, 0.15) is 38.4 Å². The second-order valence-electron chi connectivity index (χ2n) is 5.83. The lowest BCUT2D eigenvalue weighted by atomic mass is 10.1. The fourth-order valence-corrected chi connectivity index (χ4v) is 3.49. The number of hydrogen-bond donors (Lipinski definition) is 1. The van der Waals surface area contributed by atoms with Gasteiger partial charge >= 0.3 is 0 Å². The van der Waals surface area contributed by atoms with E-state index in [1.807, 2.05) is 55.5 Å². The first-order valence-corrected chi connectivity index (χ1v) is 10.0. The van der Waals surface area contributed by atoms with E-state index in [1.54, 1.807) is 11.8 Å². The summed E-state index contributed by atoms with van der Waals surface area (Å²) in [6, 6.07) is 18.1. The van der Waals surface area contributed by atoms with Crippen molar-refractivity contribution in [2.45, 2.75) is 43.9 Å². The van der Waals surface area contributed by atoms with Gasteiger partial charge in [-0.05, 0) is 36.4 Å². The predicted octanol–water partition coefficient (Wildman–Crippen LogP) is 4.81. The highest BCUT2D eigenvalue weighted by Crippen LogP contribution is 2.34. The molecule has 140 valence electrons. The lowest BCUT2D eigenvalue weighted by Gasteiger charge is -2.25. The quantitative estimate of drug-likeness (QED) is 0.329. The van der Waals surface area contributed by atoms with Crippen LogP contribution in [0, 0.1) is 0 Å². The molecule has 2 atom stereocenters. The zero-order valence-electron chi connectivity index (χ0n) is 15.4. The minimum atomic E-state index is -0.391. The molecule has 0 heterocycles.